The van der Waals surface area contributed by atoms with E-state index in [4.69, 9.17) is 29.9 Å². The second kappa shape index (κ2) is 19.9. The summed E-state index contributed by atoms with van der Waals surface area (Å²) < 4.78 is 16.8. The zero-order valence-corrected chi connectivity index (χ0v) is 36.7. The van der Waals surface area contributed by atoms with Crippen LogP contribution in [-0.4, -0.2) is 154 Å². The number of benzene rings is 2. The summed E-state index contributed by atoms with van der Waals surface area (Å²) in [6.07, 6.45) is 5.73. The molecule has 0 atom stereocenters. The van der Waals surface area contributed by atoms with Crippen molar-refractivity contribution >= 4 is 23.6 Å². The van der Waals surface area contributed by atoms with Gasteiger partial charge in [0.15, 0.2) is 5.82 Å². The normalized spacial score (nSPS) is 17.1. The number of phenolic OH excluding ortho intramolecular Hbond substituents is 2. The molecule has 0 bridgehead atoms. The second-order valence-electron chi connectivity index (χ2n) is 17.2. The van der Waals surface area contributed by atoms with Gasteiger partial charge in [-0.3, -0.25) is 19.4 Å². The van der Waals surface area contributed by atoms with E-state index in [0.717, 1.165) is 79.2 Å². The Morgan fingerprint density at radius 1 is 0.905 bits per heavy atom. The molecule has 8 rings (SSSR count). The number of nitrogens with zero attached hydrogens (tertiary/aromatic N) is 9. The SMILES string of the molecule is COCCOCCN(Cc1ccc2c(c1)CN(C(=O)c1cc(C(C)C)c(O)cc1O)C2)C1CCN(C(=O)CN2CCc3c(nc(-c4cnc(N)nc4)nc3N3CCOCC3)C2)CC1. The molecule has 4 aliphatic rings. The first kappa shape index (κ1) is 44.2. The predicted molar refractivity (Wildman–Crippen MR) is 236 cm³/mol. The quantitative estimate of drug-likeness (QED) is 0.147. The average molecular weight is 865 g/mol. The lowest BCUT2D eigenvalue weighted by atomic mass is 9.98. The minimum absolute atomic E-state index is 0.00545. The van der Waals surface area contributed by atoms with Crippen LogP contribution in [0.2, 0.25) is 0 Å². The Morgan fingerprint density at radius 2 is 1.67 bits per heavy atom. The summed E-state index contributed by atoms with van der Waals surface area (Å²) in [5, 5.41) is 20.9. The number of hydrogen-bond acceptors (Lipinski definition) is 15. The first-order valence-electron chi connectivity index (χ1n) is 22.1. The summed E-state index contributed by atoms with van der Waals surface area (Å²) >= 11 is 0. The Bertz CT molecular complexity index is 2250. The Morgan fingerprint density at radius 3 is 2.41 bits per heavy atom. The van der Waals surface area contributed by atoms with Crippen LogP contribution in [0, 0.1) is 0 Å². The van der Waals surface area contributed by atoms with E-state index in [1.807, 2.05) is 18.7 Å². The van der Waals surface area contributed by atoms with Crippen LogP contribution in [0.25, 0.3) is 11.4 Å². The Kier molecular flexibility index (Phi) is 14.0. The number of aromatic hydroxyl groups is 2. The molecule has 4 aromatic rings. The van der Waals surface area contributed by atoms with Crippen molar-refractivity contribution in [1.82, 2.24) is 39.5 Å². The van der Waals surface area contributed by atoms with Crippen molar-refractivity contribution in [1.29, 1.82) is 0 Å². The van der Waals surface area contributed by atoms with E-state index in [2.05, 4.69) is 42.9 Å². The summed E-state index contributed by atoms with van der Waals surface area (Å²) in [4.78, 5) is 56.6. The first-order valence-corrected chi connectivity index (χ1v) is 22.1. The Hall–Kier alpha value is -5.46. The Labute approximate surface area is 368 Å². The molecular weight excluding hydrogens is 805 g/mol. The number of fused-ring (bicyclic) bond motifs is 2. The van der Waals surface area contributed by atoms with Gasteiger partial charge in [0.25, 0.3) is 5.91 Å². The number of nitrogens with two attached hydrogens (primary N) is 1. The molecule has 0 spiro atoms. The summed E-state index contributed by atoms with van der Waals surface area (Å²) in [6, 6.07) is 9.55. The van der Waals surface area contributed by atoms with Gasteiger partial charge in [0.1, 0.15) is 17.3 Å². The number of aromatic nitrogens is 4. The summed E-state index contributed by atoms with van der Waals surface area (Å²) in [7, 11) is 1.67. The number of rotatable bonds is 15. The van der Waals surface area contributed by atoms with Crippen molar-refractivity contribution < 1.29 is 34.0 Å². The predicted octanol–water partition coefficient (Wildman–Crippen LogP) is 3.56. The average Bonchev–Trinajstić information content (AvgIpc) is 3.72. The van der Waals surface area contributed by atoms with Crippen LogP contribution in [-0.2, 0) is 51.6 Å². The molecule has 17 nitrogen and oxygen atoms in total. The van der Waals surface area contributed by atoms with Crippen LogP contribution in [0.3, 0.4) is 0 Å². The number of methoxy groups -OCH3 is 1. The highest BCUT2D eigenvalue weighted by atomic mass is 16.5. The molecule has 63 heavy (non-hydrogen) atoms. The number of piperidine rings is 1. The highest BCUT2D eigenvalue weighted by Gasteiger charge is 2.32. The zero-order chi connectivity index (χ0) is 44.0. The molecule has 0 unspecified atom stereocenters. The number of amides is 2. The topological polar surface area (TPSA) is 196 Å². The molecule has 0 radical (unpaired) electrons. The molecule has 0 saturated carbocycles. The molecule has 336 valence electrons. The smallest absolute Gasteiger partial charge is 0.258 e. The van der Waals surface area contributed by atoms with Gasteiger partial charge in [0.2, 0.25) is 11.9 Å². The second-order valence-corrected chi connectivity index (χ2v) is 17.2. The summed E-state index contributed by atoms with van der Waals surface area (Å²) in [6.45, 7) is 13.5. The monoisotopic (exact) mass is 864 g/mol. The molecule has 17 heteroatoms. The van der Waals surface area contributed by atoms with Gasteiger partial charge < -0.3 is 44.9 Å². The molecule has 6 heterocycles. The molecule has 2 fully saturated rings. The summed E-state index contributed by atoms with van der Waals surface area (Å²) in [5.74, 6) is 1.27. The lowest BCUT2D eigenvalue weighted by Gasteiger charge is -2.39. The van der Waals surface area contributed by atoms with Gasteiger partial charge in [-0.2, -0.15) is 0 Å². The fraction of sp³-hybridized carbons (Fsp3) is 0.522. The number of nitrogen functional groups attached to an aromatic ring is 1. The van der Waals surface area contributed by atoms with E-state index in [9.17, 15) is 19.8 Å². The maximum atomic E-state index is 13.9. The van der Waals surface area contributed by atoms with Crippen molar-refractivity contribution in [3.05, 3.63) is 81.8 Å². The number of phenols is 2. The fourth-order valence-corrected chi connectivity index (χ4v) is 9.13. The molecule has 4 N–H and O–H groups in total. The van der Waals surface area contributed by atoms with Crippen LogP contribution in [0.5, 0.6) is 11.5 Å². The van der Waals surface area contributed by atoms with Crippen LogP contribution in [0.1, 0.15) is 76.5 Å². The van der Waals surface area contributed by atoms with Crippen molar-refractivity contribution in [3.8, 4) is 22.9 Å². The van der Waals surface area contributed by atoms with Crippen LogP contribution in [0.15, 0.2) is 42.7 Å². The van der Waals surface area contributed by atoms with Gasteiger partial charge in [-0.1, -0.05) is 32.0 Å². The largest absolute Gasteiger partial charge is 0.508 e. The van der Waals surface area contributed by atoms with Crippen LogP contribution < -0.4 is 10.6 Å². The molecular formula is C46H60N10O7. The summed E-state index contributed by atoms with van der Waals surface area (Å²) in [5.41, 5.74) is 12.6. The standard InChI is InChI=1S/C46H60N10O7/c1-30(2)37-21-38(41(58)22-40(37)57)45(60)56-26-32-5-4-31(20-33(32)27-56)25-55(14-17-63-19-18-61-3)35-6-10-53(11-7-35)42(59)29-52-9-8-36-39(28-52)50-43(34-23-48-46(47)49-24-34)51-44(36)54-12-15-62-16-13-54/h4-5,20-24,30,35,57-58H,6-19,25-29H2,1-3H3,(H2,47,48,49). The van der Waals surface area contributed by atoms with Crippen molar-refractivity contribution in [2.24, 2.45) is 0 Å². The van der Waals surface area contributed by atoms with E-state index >= 15 is 0 Å². The van der Waals surface area contributed by atoms with Gasteiger partial charge in [0.05, 0.1) is 56.4 Å². The lowest BCUT2D eigenvalue weighted by Crippen LogP contribution is -2.50. The Balaban J connectivity index is 0.898. The fourth-order valence-electron chi connectivity index (χ4n) is 9.13. The number of carbonyl (C=O) groups is 2. The van der Waals surface area contributed by atoms with E-state index in [0.29, 0.717) is 95.8 Å². The van der Waals surface area contributed by atoms with Gasteiger partial charge in [0, 0.05) is 103 Å². The molecule has 4 aliphatic heterocycles. The highest BCUT2D eigenvalue weighted by molar-refractivity contribution is 5.97. The lowest BCUT2D eigenvalue weighted by molar-refractivity contribution is -0.134. The maximum absolute atomic E-state index is 13.9. The number of carbonyl (C=O) groups excluding carboxylic acids is 2. The highest BCUT2D eigenvalue weighted by Crippen LogP contribution is 2.35. The number of hydrogen-bond donors (Lipinski definition) is 3. The maximum Gasteiger partial charge on any atom is 0.258 e. The molecule has 2 aromatic carbocycles. The minimum Gasteiger partial charge on any atom is -0.508 e. The third-order valence-corrected chi connectivity index (χ3v) is 12.7. The minimum atomic E-state index is -0.265. The van der Waals surface area contributed by atoms with E-state index in [1.165, 1.54) is 6.07 Å². The van der Waals surface area contributed by atoms with Crippen molar-refractivity contribution in [2.75, 3.05) is 96.6 Å². The molecule has 0 aliphatic carbocycles. The van der Waals surface area contributed by atoms with E-state index < -0.39 is 0 Å². The number of anilines is 2. The molecule has 2 aromatic heterocycles. The van der Waals surface area contributed by atoms with Crippen LogP contribution >= 0.6 is 0 Å². The van der Waals surface area contributed by atoms with Gasteiger partial charge >= 0.3 is 0 Å². The van der Waals surface area contributed by atoms with Gasteiger partial charge in [-0.15, -0.1) is 0 Å². The van der Waals surface area contributed by atoms with E-state index in [-0.39, 0.29) is 46.8 Å². The number of morpholine rings is 1. The third-order valence-electron chi connectivity index (χ3n) is 12.7. The van der Waals surface area contributed by atoms with Gasteiger partial charge in [-0.05, 0) is 53.5 Å². The number of ether oxygens (including phenoxy) is 3. The van der Waals surface area contributed by atoms with E-state index in [1.54, 1.807) is 30.5 Å². The molecule has 2 saturated heterocycles. The number of likely N-dealkylation sites (tertiary alicyclic amines) is 1. The van der Waals surface area contributed by atoms with Gasteiger partial charge in [-0.25, -0.2) is 19.9 Å². The molecule has 2 amide bonds. The third kappa shape index (κ3) is 10.3. The van der Waals surface area contributed by atoms with Crippen LogP contribution in [0.4, 0.5) is 11.8 Å². The zero-order valence-electron chi connectivity index (χ0n) is 36.7. The van der Waals surface area contributed by atoms with Crippen molar-refractivity contribution in [2.45, 2.75) is 71.2 Å². The first-order chi connectivity index (χ1) is 30.5. The van der Waals surface area contributed by atoms with Crippen molar-refractivity contribution in [3.63, 3.8) is 0 Å².